The highest BCUT2D eigenvalue weighted by Gasteiger charge is 2.19. The first-order valence-corrected chi connectivity index (χ1v) is 31.4. The van der Waals surface area contributed by atoms with Crippen molar-refractivity contribution in [1.29, 1.82) is 0 Å². The highest BCUT2D eigenvalue weighted by Crippen LogP contribution is 2.17. The molecular weight excluding hydrogens is 901 g/mol. The van der Waals surface area contributed by atoms with Gasteiger partial charge >= 0.3 is 17.9 Å². The fourth-order valence-corrected chi connectivity index (χ4v) is 9.00. The highest BCUT2D eigenvalue weighted by atomic mass is 16.6. The third-order valence-corrected chi connectivity index (χ3v) is 13.7. The van der Waals surface area contributed by atoms with Crippen molar-refractivity contribution in [2.45, 2.75) is 322 Å². The minimum Gasteiger partial charge on any atom is -0.462 e. The van der Waals surface area contributed by atoms with E-state index in [4.69, 9.17) is 14.2 Å². The van der Waals surface area contributed by atoms with Gasteiger partial charge in [-0.05, 0) is 89.9 Å². The van der Waals surface area contributed by atoms with Gasteiger partial charge in [-0.1, -0.05) is 280 Å². The molecule has 0 amide bonds. The second-order valence-electron chi connectivity index (χ2n) is 20.9. The molecule has 1 unspecified atom stereocenters. The van der Waals surface area contributed by atoms with E-state index in [0.717, 1.165) is 103 Å². The standard InChI is InChI=1S/C67H118O6/c1-4-7-10-13-16-19-22-25-27-29-31-33-34-35-37-38-40-42-45-48-51-54-57-60-66(69)72-63-64(62-71-65(68)59-56-53-50-47-44-24-21-18-15-12-9-6-3)73-67(70)61-58-55-52-49-46-43-41-39-36-32-30-28-26-23-20-17-14-11-8-5-2/h7,10,16,18-19,21,25,27,31,33,35,37,64H,4-6,8-9,11-15,17,20,22-24,26,28-30,32,34,36,38-63H2,1-3H3/b10-7-,19-16-,21-18-,27-25-,33-31-,37-35-. The van der Waals surface area contributed by atoms with Gasteiger partial charge < -0.3 is 14.2 Å². The van der Waals surface area contributed by atoms with Crippen LogP contribution in [0.3, 0.4) is 0 Å². The first-order valence-electron chi connectivity index (χ1n) is 31.4. The Balaban J connectivity index is 4.32. The summed E-state index contributed by atoms with van der Waals surface area (Å²) in [6.45, 7) is 6.53. The summed E-state index contributed by atoms with van der Waals surface area (Å²) in [6.07, 6.45) is 79.0. The largest absolute Gasteiger partial charge is 0.462 e. The lowest BCUT2D eigenvalue weighted by atomic mass is 10.0. The number of rotatable bonds is 57. The SMILES string of the molecule is CC/C=C\C/C=C\C/C=C\C/C=C\C/C=C\CCCCCCCCCC(=O)OCC(COC(=O)CCCCCCC/C=C\CCCCC)OC(=O)CCCCCCCCCCCCCCCCCCCCCC. The molecule has 0 aliphatic heterocycles. The summed E-state index contributed by atoms with van der Waals surface area (Å²) in [6, 6.07) is 0. The zero-order chi connectivity index (χ0) is 52.9. The smallest absolute Gasteiger partial charge is 0.306 e. The summed E-state index contributed by atoms with van der Waals surface area (Å²) in [5.74, 6) is -0.885. The molecule has 73 heavy (non-hydrogen) atoms. The molecule has 0 fully saturated rings. The van der Waals surface area contributed by atoms with Crippen molar-refractivity contribution >= 4 is 17.9 Å². The van der Waals surface area contributed by atoms with Gasteiger partial charge in [-0.25, -0.2) is 0 Å². The van der Waals surface area contributed by atoms with Gasteiger partial charge in [0, 0.05) is 19.3 Å². The Morgan fingerprint density at radius 1 is 0.288 bits per heavy atom. The van der Waals surface area contributed by atoms with Crippen LogP contribution in [0, 0.1) is 0 Å². The second kappa shape index (κ2) is 61.4. The van der Waals surface area contributed by atoms with Crippen LogP contribution < -0.4 is 0 Å². The van der Waals surface area contributed by atoms with Crippen LogP contribution in [0.4, 0.5) is 0 Å². The summed E-state index contributed by atoms with van der Waals surface area (Å²) >= 11 is 0. The number of carbonyl (C=O) groups is 3. The fraction of sp³-hybridized carbons (Fsp3) is 0.776. The number of hydrogen-bond donors (Lipinski definition) is 0. The van der Waals surface area contributed by atoms with E-state index in [1.165, 1.54) is 173 Å². The van der Waals surface area contributed by atoms with Crippen molar-refractivity contribution in [2.24, 2.45) is 0 Å². The maximum absolute atomic E-state index is 12.9. The highest BCUT2D eigenvalue weighted by molar-refractivity contribution is 5.71. The lowest BCUT2D eigenvalue weighted by Crippen LogP contribution is -2.30. The van der Waals surface area contributed by atoms with Crippen molar-refractivity contribution in [2.75, 3.05) is 13.2 Å². The van der Waals surface area contributed by atoms with Crippen LogP contribution in [0.2, 0.25) is 0 Å². The summed E-state index contributed by atoms with van der Waals surface area (Å²) in [5, 5.41) is 0. The van der Waals surface area contributed by atoms with Crippen LogP contribution in [-0.4, -0.2) is 37.2 Å². The Morgan fingerprint density at radius 3 is 0.877 bits per heavy atom. The molecule has 0 aromatic rings. The van der Waals surface area contributed by atoms with E-state index in [-0.39, 0.29) is 31.1 Å². The third kappa shape index (κ3) is 59.6. The normalized spacial score (nSPS) is 12.5. The molecule has 0 bridgehead atoms. The molecule has 0 radical (unpaired) electrons. The van der Waals surface area contributed by atoms with Crippen molar-refractivity contribution in [3.63, 3.8) is 0 Å². The molecule has 6 heteroatoms. The molecule has 0 aliphatic rings. The third-order valence-electron chi connectivity index (χ3n) is 13.7. The fourth-order valence-electron chi connectivity index (χ4n) is 9.00. The Hall–Kier alpha value is -3.15. The zero-order valence-electron chi connectivity index (χ0n) is 48.4. The van der Waals surface area contributed by atoms with Gasteiger partial charge in [0.15, 0.2) is 6.10 Å². The van der Waals surface area contributed by atoms with Gasteiger partial charge in [-0.3, -0.25) is 14.4 Å². The van der Waals surface area contributed by atoms with Gasteiger partial charge in [0.25, 0.3) is 0 Å². The molecule has 0 N–H and O–H groups in total. The molecule has 0 rings (SSSR count). The molecule has 0 spiro atoms. The summed E-state index contributed by atoms with van der Waals surface area (Å²) < 4.78 is 16.9. The molecule has 0 aromatic heterocycles. The van der Waals surface area contributed by atoms with E-state index in [1.54, 1.807) is 0 Å². The molecule has 0 saturated carbocycles. The van der Waals surface area contributed by atoms with Gasteiger partial charge in [-0.15, -0.1) is 0 Å². The first-order chi connectivity index (χ1) is 36.0. The average molecular weight is 1020 g/mol. The van der Waals surface area contributed by atoms with E-state index >= 15 is 0 Å². The van der Waals surface area contributed by atoms with Crippen molar-refractivity contribution in [3.05, 3.63) is 72.9 Å². The zero-order valence-corrected chi connectivity index (χ0v) is 48.4. The van der Waals surface area contributed by atoms with Gasteiger partial charge in [0.05, 0.1) is 0 Å². The van der Waals surface area contributed by atoms with Gasteiger partial charge in [-0.2, -0.15) is 0 Å². The number of ether oxygens (including phenoxy) is 3. The minimum absolute atomic E-state index is 0.0806. The molecule has 0 heterocycles. The van der Waals surface area contributed by atoms with E-state index in [2.05, 4.69) is 93.7 Å². The van der Waals surface area contributed by atoms with Crippen LogP contribution in [0.25, 0.3) is 0 Å². The lowest BCUT2D eigenvalue weighted by Gasteiger charge is -2.18. The quantitative estimate of drug-likeness (QED) is 0.0261. The maximum atomic E-state index is 12.9. The molecule has 6 nitrogen and oxygen atoms in total. The number of esters is 3. The van der Waals surface area contributed by atoms with Gasteiger partial charge in [0.2, 0.25) is 0 Å². The maximum Gasteiger partial charge on any atom is 0.306 e. The molecule has 0 aliphatic carbocycles. The van der Waals surface area contributed by atoms with Crippen molar-refractivity contribution in [3.8, 4) is 0 Å². The molecule has 0 aromatic carbocycles. The average Bonchev–Trinajstić information content (AvgIpc) is 3.39. The summed E-state index contributed by atoms with van der Waals surface area (Å²) in [5.41, 5.74) is 0. The Bertz CT molecular complexity index is 1360. The van der Waals surface area contributed by atoms with Crippen molar-refractivity contribution < 1.29 is 28.6 Å². The number of hydrogen-bond acceptors (Lipinski definition) is 6. The van der Waals surface area contributed by atoms with Crippen molar-refractivity contribution in [1.82, 2.24) is 0 Å². The van der Waals surface area contributed by atoms with Crippen LogP contribution in [0.5, 0.6) is 0 Å². The Kier molecular flexibility index (Phi) is 58.7. The lowest BCUT2D eigenvalue weighted by molar-refractivity contribution is -0.167. The molecule has 1 atom stereocenters. The molecule has 0 saturated heterocycles. The Morgan fingerprint density at radius 2 is 0.534 bits per heavy atom. The predicted octanol–water partition coefficient (Wildman–Crippen LogP) is 21.3. The number of carbonyl (C=O) groups excluding carboxylic acids is 3. The van der Waals surface area contributed by atoms with E-state index < -0.39 is 6.10 Å². The monoisotopic (exact) mass is 1020 g/mol. The van der Waals surface area contributed by atoms with Crippen LogP contribution >= 0.6 is 0 Å². The number of allylic oxidation sites excluding steroid dienone is 12. The second-order valence-corrected chi connectivity index (χ2v) is 20.9. The van der Waals surface area contributed by atoms with E-state index in [1.807, 2.05) is 0 Å². The van der Waals surface area contributed by atoms with E-state index in [9.17, 15) is 14.4 Å². The Labute approximate surface area is 453 Å². The molecule has 422 valence electrons. The molecular formula is C67H118O6. The summed E-state index contributed by atoms with van der Waals surface area (Å²) in [4.78, 5) is 38.3. The predicted molar refractivity (Wildman–Crippen MR) is 316 cm³/mol. The minimum atomic E-state index is -0.782. The van der Waals surface area contributed by atoms with Gasteiger partial charge in [0.1, 0.15) is 13.2 Å². The first kappa shape index (κ1) is 69.8. The van der Waals surface area contributed by atoms with Crippen LogP contribution in [0.15, 0.2) is 72.9 Å². The van der Waals surface area contributed by atoms with Crippen LogP contribution in [-0.2, 0) is 28.6 Å². The van der Waals surface area contributed by atoms with E-state index in [0.29, 0.717) is 19.3 Å². The number of unbranched alkanes of at least 4 members (excludes halogenated alkanes) is 34. The topological polar surface area (TPSA) is 78.9 Å². The summed E-state index contributed by atoms with van der Waals surface area (Å²) in [7, 11) is 0. The van der Waals surface area contributed by atoms with Crippen LogP contribution in [0.1, 0.15) is 316 Å².